The summed E-state index contributed by atoms with van der Waals surface area (Å²) >= 11 is 0. The van der Waals surface area contributed by atoms with Crippen LogP contribution in [0.4, 0.5) is 0 Å². The van der Waals surface area contributed by atoms with Crippen molar-refractivity contribution in [1.29, 1.82) is 0 Å². The van der Waals surface area contributed by atoms with E-state index in [1.165, 1.54) is 11.1 Å². The first-order chi connectivity index (χ1) is 14.7. The molecule has 0 saturated carbocycles. The molecule has 172 valence electrons. The number of ether oxygens (including phenoxy) is 2. The van der Waals surface area contributed by atoms with Crippen LogP contribution in [0, 0.1) is 5.41 Å². The second-order valence-electron chi connectivity index (χ2n) is 9.18. The van der Waals surface area contributed by atoms with E-state index >= 15 is 0 Å². The van der Waals surface area contributed by atoms with Gasteiger partial charge in [0.2, 0.25) is 0 Å². The highest BCUT2D eigenvalue weighted by Gasteiger charge is 2.30. The SMILES string of the molecule is CCC(CC)(c1ccc(OC[C@@H](O)CO)cc1)c1ccc(OC[C@H](O)C(C)(C)C)cc1. The van der Waals surface area contributed by atoms with Crippen molar-refractivity contribution >= 4 is 0 Å². The van der Waals surface area contributed by atoms with E-state index in [1.54, 1.807) is 0 Å². The molecular weight excluding hydrogens is 392 g/mol. The van der Waals surface area contributed by atoms with Gasteiger partial charge in [-0.2, -0.15) is 0 Å². The van der Waals surface area contributed by atoms with E-state index in [9.17, 15) is 10.2 Å². The Bertz CT molecular complexity index is 773. The lowest BCUT2D eigenvalue weighted by molar-refractivity contribution is 0.0218. The van der Waals surface area contributed by atoms with Crippen LogP contribution in [0.1, 0.15) is 58.6 Å². The molecule has 0 aliphatic carbocycles. The lowest BCUT2D eigenvalue weighted by Gasteiger charge is -2.33. The number of aliphatic hydroxyl groups excluding tert-OH is 3. The lowest BCUT2D eigenvalue weighted by atomic mass is 9.70. The van der Waals surface area contributed by atoms with Crippen molar-refractivity contribution in [3.63, 3.8) is 0 Å². The second-order valence-corrected chi connectivity index (χ2v) is 9.18. The maximum absolute atomic E-state index is 10.2. The Morgan fingerprint density at radius 1 is 0.742 bits per heavy atom. The van der Waals surface area contributed by atoms with E-state index in [1.807, 2.05) is 45.0 Å². The van der Waals surface area contributed by atoms with E-state index in [4.69, 9.17) is 14.6 Å². The van der Waals surface area contributed by atoms with Crippen LogP contribution < -0.4 is 9.47 Å². The average molecular weight is 431 g/mol. The van der Waals surface area contributed by atoms with Gasteiger partial charge in [-0.15, -0.1) is 0 Å². The molecule has 0 aliphatic rings. The lowest BCUT2D eigenvalue weighted by Crippen LogP contribution is -2.32. The van der Waals surface area contributed by atoms with Gasteiger partial charge in [0.1, 0.15) is 30.8 Å². The Balaban J connectivity index is 2.16. The van der Waals surface area contributed by atoms with Crippen molar-refractivity contribution in [3.05, 3.63) is 59.7 Å². The quantitative estimate of drug-likeness (QED) is 0.495. The molecule has 5 heteroatoms. The number of hydrogen-bond acceptors (Lipinski definition) is 5. The van der Waals surface area contributed by atoms with Crippen molar-refractivity contribution in [2.24, 2.45) is 5.41 Å². The molecule has 0 fully saturated rings. The molecule has 5 nitrogen and oxygen atoms in total. The van der Waals surface area contributed by atoms with Crippen LogP contribution in [0.15, 0.2) is 48.5 Å². The number of hydrogen-bond donors (Lipinski definition) is 3. The van der Waals surface area contributed by atoms with Crippen LogP contribution in [0.3, 0.4) is 0 Å². The summed E-state index contributed by atoms with van der Waals surface area (Å²) in [6.07, 6.45) is 0.471. The number of rotatable bonds is 11. The van der Waals surface area contributed by atoms with Gasteiger partial charge in [-0.25, -0.2) is 0 Å². The van der Waals surface area contributed by atoms with Gasteiger partial charge in [0.05, 0.1) is 12.7 Å². The molecule has 0 spiro atoms. The molecule has 0 saturated heterocycles. The van der Waals surface area contributed by atoms with Gasteiger partial charge in [0, 0.05) is 5.41 Å². The van der Waals surface area contributed by atoms with Crippen molar-refractivity contribution < 1.29 is 24.8 Å². The summed E-state index contributed by atoms with van der Waals surface area (Å²) in [6, 6.07) is 16.1. The zero-order valence-corrected chi connectivity index (χ0v) is 19.5. The van der Waals surface area contributed by atoms with Gasteiger partial charge in [-0.3, -0.25) is 0 Å². The average Bonchev–Trinajstić information content (AvgIpc) is 2.77. The monoisotopic (exact) mass is 430 g/mol. The zero-order chi connectivity index (χ0) is 23.1. The summed E-state index contributed by atoms with van der Waals surface area (Å²) in [6.45, 7) is 10.4. The second kappa shape index (κ2) is 11.0. The third kappa shape index (κ3) is 6.45. The fourth-order valence-electron chi connectivity index (χ4n) is 3.64. The van der Waals surface area contributed by atoms with Gasteiger partial charge in [-0.05, 0) is 53.6 Å². The zero-order valence-electron chi connectivity index (χ0n) is 19.5. The molecule has 0 aromatic heterocycles. The highest BCUT2D eigenvalue weighted by Crippen LogP contribution is 2.40. The minimum atomic E-state index is -0.879. The van der Waals surface area contributed by atoms with E-state index in [-0.39, 0.29) is 30.7 Å². The molecule has 0 radical (unpaired) electrons. The molecule has 2 rings (SSSR count). The van der Waals surface area contributed by atoms with Crippen molar-refractivity contribution in [2.75, 3.05) is 19.8 Å². The molecule has 0 unspecified atom stereocenters. The summed E-state index contributed by atoms with van der Waals surface area (Å²) in [5, 5.41) is 28.6. The summed E-state index contributed by atoms with van der Waals surface area (Å²) in [4.78, 5) is 0. The van der Waals surface area contributed by atoms with Crippen LogP contribution >= 0.6 is 0 Å². The van der Waals surface area contributed by atoms with Crippen LogP contribution in [-0.4, -0.2) is 47.3 Å². The normalized spacial score (nSPS) is 14.2. The topological polar surface area (TPSA) is 79.2 Å². The van der Waals surface area contributed by atoms with Crippen LogP contribution in [0.2, 0.25) is 0 Å². The first kappa shape index (κ1) is 25.2. The predicted molar refractivity (Wildman–Crippen MR) is 124 cm³/mol. The Morgan fingerprint density at radius 3 is 1.52 bits per heavy atom. The van der Waals surface area contributed by atoms with Gasteiger partial charge in [0.15, 0.2) is 0 Å². The van der Waals surface area contributed by atoms with Gasteiger partial charge in [0.25, 0.3) is 0 Å². The van der Waals surface area contributed by atoms with Crippen molar-refractivity contribution in [3.8, 4) is 11.5 Å². The maximum atomic E-state index is 10.2. The van der Waals surface area contributed by atoms with E-state index in [0.717, 1.165) is 18.6 Å². The minimum Gasteiger partial charge on any atom is -0.491 e. The first-order valence-electron chi connectivity index (χ1n) is 11.1. The largest absolute Gasteiger partial charge is 0.491 e. The molecule has 0 heterocycles. The summed E-state index contributed by atoms with van der Waals surface area (Å²) in [5.74, 6) is 1.41. The molecule has 2 aromatic carbocycles. The highest BCUT2D eigenvalue weighted by atomic mass is 16.5. The molecule has 2 atom stereocenters. The third-order valence-corrected chi connectivity index (χ3v) is 6.08. The molecular formula is C26H38O5. The molecule has 31 heavy (non-hydrogen) atoms. The Labute approximate surface area is 186 Å². The summed E-state index contributed by atoms with van der Waals surface area (Å²) < 4.78 is 11.3. The first-order valence-corrected chi connectivity index (χ1v) is 11.1. The Morgan fingerprint density at radius 2 is 1.16 bits per heavy atom. The van der Waals surface area contributed by atoms with Crippen LogP contribution in [0.5, 0.6) is 11.5 Å². The van der Waals surface area contributed by atoms with Crippen LogP contribution in [0.25, 0.3) is 0 Å². The summed E-state index contributed by atoms with van der Waals surface area (Å²) in [7, 11) is 0. The Kier molecular flexibility index (Phi) is 8.92. The third-order valence-electron chi connectivity index (χ3n) is 6.08. The highest BCUT2D eigenvalue weighted by molar-refractivity contribution is 5.43. The maximum Gasteiger partial charge on any atom is 0.119 e. The number of benzene rings is 2. The molecule has 3 N–H and O–H groups in total. The predicted octanol–water partition coefficient (Wildman–Crippen LogP) is 4.31. The van der Waals surface area contributed by atoms with Gasteiger partial charge in [-0.1, -0.05) is 58.9 Å². The van der Waals surface area contributed by atoms with E-state index in [0.29, 0.717) is 5.75 Å². The minimum absolute atomic E-state index is 0.0634. The molecule has 0 aliphatic heterocycles. The Hall–Kier alpha value is -2.08. The fraction of sp³-hybridized carbons (Fsp3) is 0.538. The summed E-state index contributed by atoms with van der Waals surface area (Å²) in [5.41, 5.74) is 2.06. The van der Waals surface area contributed by atoms with Crippen molar-refractivity contribution in [1.82, 2.24) is 0 Å². The van der Waals surface area contributed by atoms with Gasteiger partial charge >= 0.3 is 0 Å². The number of aliphatic hydroxyl groups is 3. The smallest absolute Gasteiger partial charge is 0.119 e. The molecule has 2 aromatic rings. The molecule has 0 amide bonds. The van der Waals surface area contributed by atoms with E-state index < -0.39 is 12.2 Å². The van der Waals surface area contributed by atoms with E-state index in [2.05, 4.69) is 38.1 Å². The van der Waals surface area contributed by atoms with Crippen molar-refractivity contribution in [2.45, 2.75) is 65.1 Å². The molecule has 0 bridgehead atoms. The standard InChI is InChI=1S/C26H38O5/c1-6-26(7-2,19-8-12-22(13-9-19)30-17-21(28)16-27)20-10-14-23(15-11-20)31-18-24(29)25(3,4)5/h8-15,21,24,27-29H,6-7,16-18H2,1-5H3/t21-,24-/m0/s1. The van der Waals surface area contributed by atoms with Crippen LogP contribution in [-0.2, 0) is 5.41 Å². The fourth-order valence-corrected chi connectivity index (χ4v) is 3.64. The van der Waals surface area contributed by atoms with Gasteiger partial charge < -0.3 is 24.8 Å².